The van der Waals surface area contributed by atoms with E-state index in [4.69, 9.17) is 13.9 Å². The van der Waals surface area contributed by atoms with Crippen molar-refractivity contribution in [2.24, 2.45) is 0 Å². The molecule has 4 rings (SSSR count). The van der Waals surface area contributed by atoms with Crippen LogP contribution in [0, 0.1) is 0 Å². The number of aromatic nitrogens is 2. The molecule has 0 fully saturated rings. The highest BCUT2D eigenvalue weighted by Crippen LogP contribution is 2.28. The maximum atomic E-state index is 12.7. The van der Waals surface area contributed by atoms with E-state index in [9.17, 15) is 4.79 Å². The Labute approximate surface area is 169 Å². The molecule has 0 aliphatic carbocycles. The molecule has 2 aromatic heterocycles. The van der Waals surface area contributed by atoms with Crippen molar-refractivity contribution in [3.63, 3.8) is 0 Å². The van der Waals surface area contributed by atoms with Gasteiger partial charge < -0.3 is 18.9 Å². The molecule has 3 heterocycles. The molecule has 0 spiro atoms. The molecule has 0 atom stereocenters. The average molecular weight is 395 g/mol. The van der Waals surface area contributed by atoms with E-state index in [0.29, 0.717) is 44.3 Å². The van der Waals surface area contributed by atoms with Crippen LogP contribution in [0.2, 0.25) is 0 Å². The molecule has 1 aliphatic rings. The number of hydrogen-bond donors (Lipinski definition) is 1. The van der Waals surface area contributed by atoms with Gasteiger partial charge in [-0.2, -0.15) is 0 Å². The molecule has 0 saturated carbocycles. The van der Waals surface area contributed by atoms with Crippen LogP contribution in [0.25, 0.3) is 11.6 Å². The van der Waals surface area contributed by atoms with E-state index in [1.165, 1.54) is 0 Å². The average Bonchev–Trinajstić information content (AvgIpc) is 3.26. The highest BCUT2D eigenvalue weighted by molar-refractivity contribution is 5.47. The summed E-state index contributed by atoms with van der Waals surface area (Å²) in [6, 6.07) is 9.51. The van der Waals surface area contributed by atoms with Crippen molar-refractivity contribution in [2.45, 2.75) is 33.4 Å². The molecule has 29 heavy (non-hydrogen) atoms. The lowest BCUT2D eigenvalue weighted by Crippen LogP contribution is -2.35. The normalized spacial score (nSPS) is 13.9. The van der Waals surface area contributed by atoms with Gasteiger partial charge in [-0.05, 0) is 32.0 Å². The summed E-state index contributed by atoms with van der Waals surface area (Å²) in [7, 11) is 0. The number of furan rings is 1. The minimum Gasteiger partial charge on any atom is -0.494 e. The number of nitrogens with zero attached hydrogens (tertiary/aromatic N) is 2. The van der Waals surface area contributed by atoms with Gasteiger partial charge in [0.1, 0.15) is 11.5 Å². The van der Waals surface area contributed by atoms with E-state index in [-0.39, 0.29) is 5.56 Å². The Balaban J connectivity index is 1.54. The van der Waals surface area contributed by atoms with Crippen LogP contribution in [0.3, 0.4) is 0 Å². The summed E-state index contributed by atoms with van der Waals surface area (Å²) in [5.41, 5.74) is 2.53. The zero-order chi connectivity index (χ0) is 20.2. The van der Waals surface area contributed by atoms with Crippen molar-refractivity contribution in [3.05, 3.63) is 63.8 Å². The van der Waals surface area contributed by atoms with Gasteiger partial charge in [0.2, 0.25) is 0 Å². The lowest BCUT2D eigenvalue weighted by Gasteiger charge is -2.28. The molecule has 7 heteroatoms. The van der Waals surface area contributed by atoms with Crippen LogP contribution in [0.4, 0.5) is 0 Å². The van der Waals surface area contributed by atoms with Crippen molar-refractivity contribution >= 4 is 0 Å². The molecule has 7 nitrogen and oxygen atoms in total. The minimum atomic E-state index is -0.108. The van der Waals surface area contributed by atoms with Gasteiger partial charge in [-0.3, -0.25) is 9.69 Å². The predicted molar refractivity (Wildman–Crippen MR) is 109 cm³/mol. The molecule has 1 N–H and O–H groups in total. The lowest BCUT2D eigenvalue weighted by molar-refractivity contribution is 0.235. The van der Waals surface area contributed by atoms with E-state index in [1.54, 1.807) is 18.4 Å². The van der Waals surface area contributed by atoms with Crippen LogP contribution in [0.1, 0.15) is 30.7 Å². The molecular formula is C22H25N3O4. The first kappa shape index (κ1) is 19.3. The number of nitrogens with one attached hydrogen (secondary N) is 1. The topological polar surface area (TPSA) is 80.6 Å². The van der Waals surface area contributed by atoms with Gasteiger partial charge in [-0.1, -0.05) is 6.07 Å². The van der Waals surface area contributed by atoms with E-state index >= 15 is 0 Å². The number of rotatable bonds is 7. The van der Waals surface area contributed by atoms with E-state index in [2.05, 4.69) is 14.9 Å². The van der Waals surface area contributed by atoms with Crippen molar-refractivity contribution in [2.75, 3.05) is 19.8 Å². The van der Waals surface area contributed by atoms with Gasteiger partial charge in [0.15, 0.2) is 11.6 Å². The Morgan fingerprint density at radius 3 is 2.83 bits per heavy atom. The van der Waals surface area contributed by atoms with Gasteiger partial charge in [0.25, 0.3) is 5.56 Å². The van der Waals surface area contributed by atoms with Crippen LogP contribution in [0.15, 0.2) is 45.8 Å². The summed E-state index contributed by atoms with van der Waals surface area (Å²) in [6.07, 6.45) is 2.29. The highest BCUT2D eigenvalue weighted by atomic mass is 16.5. The fourth-order valence-corrected chi connectivity index (χ4v) is 3.60. The SMILES string of the molecule is CCOc1ccc(CN2CCc3nc(-c4ccco4)[nH]c(=O)c3C2)c(OCC)c1. The van der Waals surface area contributed by atoms with Crippen LogP contribution in [-0.2, 0) is 19.5 Å². The van der Waals surface area contributed by atoms with E-state index in [1.807, 2.05) is 32.0 Å². The second-order valence-corrected chi connectivity index (χ2v) is 6.91. The Morgan fingerprint density at radius 1 is 1.21 bits per heavy atom. The quantitative estimate of drug-likeness (QED) is 0.661. The first-order chi connectivity index (χ1) is 14.2. The third-order valence-electron chi connectivity index (χ3n) is 4.95. The standard InChI is InChI=1S/C22H25N3O4/c1-3-27-16-8-7-15(20(12-16)28-4-2)13-25-10-9-18-17(14-25)22(26)24-21(23-18)19-6-5-11-29-19/h5-8,11-12H,3-4,9-10,13-14H2,1-2H3,(H,23,24,26). The molecule has 0 amide bonds. The van der Waals surface area contributed by atoms with Gasteiger partial charge in [0, 0.05) is 37.7 Å². The number of hydrogen-bond acceptors (Lipinski definition) is 6. The third kappa shape index (κ3) is 4.19. The molecule has 0 unspecified atom stereocenters. The molecule has 0 saturated heterocycles. The van der Waals surface area contributed by atoms with Crippen molar-refractivity contribution < 1.29 is 13.9 Å². The summed E-state index contributed by atoms with van der Waals surface area (Å²) in [5, 5.41) is 0. The minimum absolute atomic E-state index is 0.108. The second kappa shape index (κ2) is 8.53. The first-order valence-electron chi connectivity index (χ1n) is 9.94. The summed E-state index contributed by atoms with van der Waals surface area (Å²) in [4.78, 5) is 22.4. The number of benzene rings is 1. The Hall–Kier alpha value is -3.06. The predicted octanol–water partition coefficient (Wildman–Crippen LogP) is 3.39. The molecule has 0 bridgehead atoms. The van der Waals surface area contributed by atoms with Crippen molar-refractivity contribution in [1.29, 1.82) is 0 Å². The number of ether oxygens (including phenoxy) is 2. The van der Waals surface area contributed by atoms with Crippen molar-refractivity contribution in [3.8, 4) is 23.1 Å². The highest BCUT2D eigenvalue weighted by Gasteiger charge is 2.23. The summed E-state index contributed by atoms with van der Waals surface area (Å²) >= 11 is 0. The fraction of sp³-hybridized carbons (Fsp3) is 0.364. The maximum Gasteiger partial charge on any atom is 0.256 e. The second-order valence-electron chi connectivity index (χ2n) is 6.91. The third-order valence-corrected chi connectivity index (χ3v) is 4.95. The van der Waals surface area contributed by atoms with E-state index < -0.39 is 0 Å². The van der Waals surface area contributed by atoms with Crippen LogP contribution in [-0.4, -0.2) is 34.6 Å². The molecule has 1 aromatic carbocycles. The van der Waals surface area contributed by atoms with Gasteiger partial charge in [0.05, 0.1) is 30.7 Å². The summed E-state index contributed by atoms with van der Waals surface area (Å²) in [5.74, 6) is 2.68. The van der Waals surface area contributed by atoms with Gasteiger partial charge in [-0.15, -0.1) is 0 Å². The molecule has 152 valence electrons. The van der Waals surface area contributed by atoms with Crippen molar-refractivity contribution in [1.82, 2.24) is 14.9 Å². The smallest absolute Gasteiger partial charge is 0.256 e. The number of H-pyrrole nitrogens is 1. The molecule has 0 radical (unpaired) electrons. The zero-order valence-corrected chi connectivity index (χ0v) is 16.7. The first-order valence-corrected chi connectivity index (χ1v) is 9.94. The number of aromatic amines is 1. The Morgan fingerprint density at radius 2 is 2.07 bits per heavy atom. The zero-order valence-electron chi connectivity index (χ0n) is 16.7. The molecule has 1 aliphatic heterocycles. The lowest BCUT2D eigenvalue weighted by atomic mass is 10.1. The van der Waals surface area contributed by atoms with Gasteiger partial charge >= 0.3 is 0 Å². The van der Waals surface area contributed by atoms with Gasteiger partial charge in [-0.25, -0.2) is 4.98 Å². The summed E-state index contributed by atoms with van der Waals surface area (Å²) < 4.78 is 16.8. The van der Waals surface area contributed by atoms with Crippen LogP contribution < -0.4 is 15.0 Å². The maximum absolute atomic E-state index is 12.7. The largest absolute Gasteiger partial charge is 0.494 e. The molecule has 3 aromatic rings. The van der Waals surface area contributed by atoms with Crippen LogP contribution in [0.5, 0.6) is 11.5 Å². The molecular weight excluding hydrogens is 370 g/mol. The monoisotopic (exact) mass is 395 g/mol. The summed E-state index contributed by atoms with van der Waals surface area (Å²) in [6.45, 7) is 7.20. The Bertz CT molecular complexity index is 1030. The van der Waals surface area contributed by atoms with Crippen LogP contribution >= 0.6 is 0 Å². The van der Waals surface area contributed by atoms with E-state index in [0.717, 1.165) is 34.9 Å². The Kier molecular flexibility index (Phi) is 5.67. The number of fused-ring (bicyclic) bond motifs is 1. The fourth-order valence-electron chi connectivity index (χ4n) is 3.60.